The van der Waals surface area contributed by atoms with Crippen molar-refractivity contribution >= 4 is 38.7 Å². The van der Waals surface area contributed by atoms with Crippen LogP contribution in [0.5, 0.6) is 0 Å². The zero-order valence-electron chi connectivity index (χ0n) is 15.1. The molecule has 1 aromatic carbocycles. The summed E-state index contributed by atoms with van der Waals surface area (Å²) in [6, 6.07) is 4.94. The molecule has 0 saturated carbocycles. The molecule has 3 heterocycles. The van der Waals surface area contributed by atoms with Crippen molar-refractivity contribution in [2.24, 2.45) is 5.92 Å². The first-order chi connectivity index (χ1) is 13.1. The Morgan fingerprint density at radius 3 is 2.59 bits per heavy atom. The van der Waals surface area contributed by atoms with E-state index in [9.17, 15) is 14.0 Å². The standard InChI is InChI=1S/C18H21FN4O3S/c1-2-26-18(25)22-8-6-21(7-9-22)16(24)12-10-23(11-12)17-20-15-13(19)4-3-5-14(15)27-17/h3-5,12H,2,6-11H2,1H3. The first-order valence-electron chi connectivity index (χ1n) is 9.07. The van der Waals surface area contributed by atoms with Crippen LogP contribution in [0.2, 0.25) is 0 Å². The Bertz CT molecular complexity index is 859. The quantitative estimate of drug-likeness (QED) is 0.801. The molecule has 0 unspecified atom stereocenters. The molecule has 2 aliphatic rings. The summed E-state index contributed by atoms with van der Waals surface area (Å²) in [5.74, 6) is -0.277. The van der Waals surface area contributed by atoms with Gasteiger partial charge in [0.1, 0.15) is 11.3 Å². The number of hydrogen-bond donors (Lipinski definition) is 0. The predicted octanol–water partition coefficient (Wildman–Crippen LogP) is 2.17. The molecule has 2 aliphatic heterocycles. The van der Waals surface area contributed by atoms with E-state index in [1.54, 1.807) is 17.9 Å². The van der Waals surface area contributed by atoms with E-state index >= 15 is 0 Å². The number of thiazole rings is 1. The lowest BCUT2D eigenvalue weighted by atomic mass is 9.99. The highest BCUT2D eigenvalue weighted by atomic mass is 32.1. The molecule has 2 amide bonds. The third kappa shape index (κ3) is 3.43. The summed E-state index contributed by atoms with van der Waals surface area (Å²) in [6.07, 6.45) is -0.317. The number of para-hydroxylation sites is 1. The minimum absolute atomic E-state index is 0.0731. The number of halogens is 1. The largest absolute Gasteiger partial charge is 0.450 e. The fourth-order valence-corrected chi connectivity index (χ4v) is 4.41. The number of ether oxygens (including phenoxy) is 1. The predicted molar refractivity (Wildman–Crippen MR) is 100 cm³/mol. The van der Waals surface area contributed by atoms with Crippen molar-refractivity contribution in [3.63, 3.8) is 0 Å². The van der Waals surface area contributed by atoms with E-state index in [0.717, 1.165) is 9.83 Å². The number of carbonyl (C=O) groups is 2. The smallest absolute Gasteiger partial charge is 0.409 e. The van der Waals surface area contributed by atoms with Gasteiger partial charge in [0.05, 0.1) is 17.2 Å². The number of piperazine rings is 1. The van der Waals surface area contributed by atoms with Gasteiger partial charge < -0.3 is 19.4 Å². The van der Waals surface area contributed by atoms with E-state index in [2.05, 4.69) is 4.98 Å². The maximum Gasteiger partial charge on any atom is 0.409 e. The van der Waals surface area contributed by atoms with Gasteiger partial charge in [0.25, 0.3) is 0 Å². The number of hydrogen-bond acceptors (Lipinski definition) is 6. The molecular formula is C18H21FN4O3S. The van der Waals surface area contributed by atoms with Crippen LogP contribution in [0, 0.1) is 11.7 Å². The van der Waals surface area contributed by atoms with E-state index in [0.29, 0.717) is 51.4 Å². The van der Waals surface area contributed by atoms with E-state index in [4.69, 9.17) is 4.74 Å². The Balaban J connectivity index is 1.31. The second-order valence-electron chi connectivity index (χ2n) is 6.70. The highest BCUT2D eigenvalue weighted by Gasteiger charge is 2.38. The number of benzene rings is 1. The van der Waals surface area contributed by atoms with Crippen LogP contribution in [0.3, 0.4) is 0 Å². The lowest BCUT2D eigenvalue weighted by Gasteiger charge is -2.42. The Morgan fingerprint density at radius 2 is 1.93 bits per heavy atom. The molecule has 0 aliphatic carbocycles. The second kappa shape index (κ2) is 7.30. The van der Waals surface area contributed by atoms with Gasteiger partial charge in [0.15, 0.2) is 5.13 Å². The summed E-state index contributed by atoms with van der Waals surface area (Å²) in [5, 5.41) is 0.756. The molecule has 144 valence electrons. The van der Waals surface area contributed by atoms with Gasteiger partial charge in [-0.1, -0.05) is 17.4 Å². The average molecular weight is 392 g/mol. The summed E-state index contributed by atoms with van der Waals surface area (Å²) < 4.78 is 19.6. The molecule has 0 bridgehead atoms. The minimum Gasteiger partial charge on any atom is -0.450 e. The van der Waals surface area contributed by atoms with Crippen LogP contribution >= 0.6 is 11.3 Å². The number of nitrogens with zero attached hydrogens (tertiary/aromatic N) is 4. The number of anilines is 1. The molecule has 2 aromatic rings. The van der Waals surface area contributed by atoms with Gasteiger partial charge in [0, 0.05) is 39.3 Å². The first kappa shape index (κ1) is 18.0. The Morgan fingerprint density at radius 1 is 1.22 bits per heavy atom. The molecule has 9 heteroatoms. The summed E-state index contributed by atoms with van der Waals surface area (Å²) in [4.78, 5) is 34.2. The van der Waals surface area contributed by atoms with Gasteiger partial charge >= 0.3 is 6.09 Å². The van der Waals surface area contributed by atoms with Crippen molar-refractivity contribution in [3.8, 4) is 0 Å². The molecule has 2 fully saturated rings. The van der Waals surface area contributed by atoms with Crippen LogP contribution in [0.1, 0.15) is 6.92 Å². The summed E-state index contributed by atoms with van der Waals surface area (Å²) in [6.45, 7) is 5.37. The van der Waals surface area contributed by atoms with Crippen LogP contribution in [-0.4, -0.2) is 72.7 Å². The third-order valence-corrected chi connectivity index (χ3v) is 6.06. The van der Waals surface area contributed by atoms with E-state index in [1.165, 1.54) is 17.4 Å². The Kier molecular flexibility index (Phi) is 4.86. The molecule has 27 heavy (non-hydrogen) atoms. The molecule has 2 saturated heterocycles. The average Bonchev–Trinajstić information content (AvgIpc) is 3.06. The molecule has 0 atom stereocenters. The molecule has 0 N–H and O–H groups in total. The van der Waals surface area contributed by atoms with Gasteiger partial charge in [-0.2, -0.15) is 0 Å². The maximum atomic E-state index is 13.8. The van der Waals surface area contributed by atoms with E-state index in [1.807, 2.05) is 15.9 Å². The van der Waals surface area contributed by atoms with Crippen LogP contribution in [0.25, 0.3) is 10.2 Å². The van der Waals surface area contributed by atoms with Gasteiger partial charge in [-0.25, -0.2) is 14.2 Å². The van der Waals surface area contributed by atoms with Gasteiger partial charge in [-0.05, 0) is 19.1 Å². The number of amides is 2. The molecule has 0 spiro atoms. The lowest BCUT2D eigenvalue weighted by Crippen LogP contribution is -2.58. The Labute approximate surface area is 160 Å². The van der Waals surface area contributed by atoms with Crippen molar-refractivity contribution in [3.05, 3.63) is 24.0 Å². The van der Waals surface area contributed by atoms with E-state index in [-0.39, 0.29) is 23.7 Å². The number of fused-ring (bicyclic) bond motifs is 1. The van der Waals surface area contributed by atoms with Crippen molar-refractivity contribution < 1.29 is 18.7 Å². The SMILES string of the molecule is CCOC(=O)N1CCN(C(=O)C2CN(c3nc4c(F)cccc4s3)C2)CC1. The summed E-state index contributed by atoms with van der Waals surface area (Å²) >= 11 is 1.44. The van der Waals surface area contributed by atoms with Crippen LogP contribution in [0.4, 0.5) is 14.3 Å². The normalized spacial score (nSPS) is 17.9. The van der Waals surface area contributed by atoms with Crippen molar-refractivity contribution in [1.82, 2.24) is 14.8 Å². The zero-order chi connectivity index (χ0) is 19.0. The fourth-order valence-electron chi connectivity index (χ4n) is 3.41. The van der Waals surface area contributed by atoms with Gasteiger partial charge in [0.2, 0.25) is 5.91 Å². The van der Waals surface area contributed by atoms with Crippen LogP contribution < -0.4 is 4.90 Å². The van der Waals surface area contributed by atoms with Crippen LogP contribution in [0.15, 0.2) is 18.2 Å². The monoisotopic (exact) mass is 392 g/mol. The fraction of sp³-hybridized carbons (Fsp3) is 0.500. The topological polar surface area (TPSA) is 66.0 Å². The van der Waals surface area contributed by atoms with Gasteiger partial charge in [-0.15, -0.1) is 0 Å². The van der Waals surface area contributed by atoms with Gasteiger partial charge in [-0.3, -0.25) is 4.79 Å². The highest BCUT2D eigenvalue weighted by molar-refractivity contribution is 7.22. The van der Waals surface area contributed by atoms with Crippen molar-refractivity contribution in [1.29, 1.82) is 0 Å². The first-order valence-corrected chi connectivity index (χ1v) is 9.89. The minimum atomic E-state index is -0.317. The molecular weight excluding hydrogens is 371 g/mol. The van der Waals surface area contributed by atoms with Crippen LogP contribution in [-0.2, 0) is 9.53 Å². The molecule has 1 aromatic heterocycles. The third-order valence-electron chi connectivity index (χ3n) is 4.98. The highest BCUT2D eigenvalue weighted by Crippen LogP contribution is 2.34. The van der Waals surface area contributed by atoms with Crippen molar-refractivity contribution in [2.75, 3.05) is 50.8 Å². The molecule has 0 radical (unpaired) electrons. The number of rotatable bonds is 3. The molecule has 4 rings (SSSR count). The second-order valence-corrected chi connectivity index (χ2v) is 7.71. The number of aromatic nitrogens is 1. The maximum absolute atomic E-state index is 13.8. The van der Waals surface area contributed by atoms with E-state index < -0.39 is 0 Å². The zero-order valence-corrected chi connectivity index (χ0v) is 15.9. The molecule has 7 nitrogen and oxygen atoms in total. The summed E-state index contributed by atoms with van der Waals surface area (Å²) in [5.41, 5.74) is 0.391. The lowest BCUT2D eigenvalue weighted by molar-refractivity contribution is -0.138. The van der Waals surface area contributed by atoms with Crippen molar-refractivity contribution in [2.45, 2.75) is 6.92 Å². The number of carbonyl (C=O) groups excluding carboxylic acids is 2. The summed E-state index contributed by atoms with van der Waals surface area (Å²) in [7, 11) is 0. The Hall–Kier alpha value is -2.42.